The maximum absolute atomic E-state index is 3.84. The van der Waals surface area contributed by atoms with Gasteiger partial charge >= 0.3 is 0 Å². The van der Waals surface area contributed by atoms with Gasteiger partial charge in [-0.2, -0.15) is 0 Å². The van der Waals surface area contributed by atoms with Crippen LogP contribution in [0, 0.1) is 17.3 Å². The summed E-state index contributed by atoms with van der Waals surface area (Å²) >= 11 is 0. The molecule has 0 heterocycles. The second kappa shape index (κ2) is 5.69. The van der Waals surface area contributed by atoms with Crippen LogP contribution in [0.5, 0.6) is 0 Å². The summed E-state index contributed by atoms with van der Waals surface area (Å²) in [7, 11) is 2.07. The maximum Gasteiger partial charge on any atom is -0.00209 e. The van der Waals surface area contributed by atoms with Crippen LogP contribution in [0.25, 0.3) is 0 Å². The standard InChI is InChI=1S/C14H27N/c1-5-6-7-12-10-14(2,3)9-8-13(12)11-15-4/h5,12-13,15H,1,6-11H2,2-4H3. The smallest absolute Gasteiger partial charge is 0.00209 e. The largest absolute Gasteiger partial charge is 0.319 e. The van der Waals surface area contributed by atoms with Gasteiger partial charge < -0.3 is 5.32 Å². The summed E-state index contributed by atoms with van der Waals surface area (Å²) in [6.45, 7) is 9.87. The molecule has 1 saturated carbocycles. The fourth-order valence-electron chi connectivity index (χ4n) is 2.99. The van der Waals surface area contributed by atoms with Gasteiger partial charge in [-0.1, -0.05) is 19.9 Å². The van der Waals surface area contributed by atoms with Crippen LogP contribution in [0.4, 0.5) is 0 Å². The Bertz CT molecular complexity index is 196. The maximum atomic E-state index is 3.84. The third kappa shape index (κ3) is 3.98. The molecule has 0 aromatic carbocycles. The van der Waals surface area contributed by atoms with Crippen LogP contribution in [0.2, 0.25) is 0 Å². The Hall–Kier alpha value is -0.300. The lowest BCUT2D eigenvalue weighted by atomic mass is 9.66. The SMILES string of the molecule is C=CCCC1CC(C)(C)CCC1CNC. The molecule has 0 aromatic heterocycles. The lowest BCUT2D eigenvalue weighted by Crippen LogP contribution is -2.35. The van der Waals surface area contributed by atoms with Crippen molar-refractivity contribution in [2.45, 2.75) is 46.0 Å². The van der Waals surface area contributed by atoms with Crippen molar-refractivity contribution in [2.24, 2.45) is 17.3 Å². The molecule has 0 aromatic rings. The molecule has 15 heavy (non-hydrogen) atoms. The Morgan fingerprint density at radius 3 is 2.73 bits per heavy atom. The minimum absolute atomic E-state index is 0.566. The van der Waals surface area contributed by atoms with Crippen LogP contribution in [-0.2, 0) is 0 Å². The van der Waals surface area contributed by atoms with Gasteiger partial charge in [-0.3, -0.25) is 0 Å². The minimum Gasteiger partial charge on any atom is -0.319 e. The molecular weight excluding hydrogens is 182 g/mol. The topological polar surface area (TPSA) is 12.0 Å². The van der Waals surface area contributed by atoms with Gasteiger partial charge in [-0.25, -0.2) is 0 Å². The summed E-state index contributed by atoms with van der Waals surface area (Å²) in [5.41, 5.74) is 0.566. The number of nitrogens with one attached hydrogen (secondary N) is 1. The first-order valence-electron chi connectivity index (χ1n) is 6.34. The minimum atomic E-state index is 0.566. The molecule has 1 rings (SSSR count). The number of hydrogen-bond donors (Lipinski definition) is 1. The van der Waals surface area contributed by atoms with Crippen molar-refractivity contribution in [2.75, 3.05) is 13.6 Å². The lowest BCUT2D eigenvalue weighted by Gasteiger charge is -2.41. The van der Waals surface area contributed by atoms with E-state index in [4.69, 9.17) is 0 Å². The first-order valence-corrected chi connectivity index (χ1v) is 6.34. The van der Waals surface area contributed by atoms with E-state index in [1.165, 1.54) is 38.6 Å². The summed E-state index contributed by atoms with van der Waals surface area (Å²) in [5.74, 6) is 1.79. The van der Waals surface area contributed by atoms with Crippen molar-refractivity contribution < 1.29 is 0 Å². The summed E-state index contributed by atoms with van der Waals surface area (Å²) in [6.07, 6.45) is 8.77. The molecule has 2 atom stereocenters. The van der Waals surface area contributed by atoms with Crippen LogP contribution in [-0.4, -0.2) is 13.6 Å². The number of hydrogen-bond acceptors (Lipinski definition) is 1. The highest BCUT2D eigenvalue weighted by atomic mass is 14.8. The molecule has 1 N–H and O–H groups in total. The highest BCUT2D eigenvalue weighted by Crippen LogP contribution is 2.43. The zero-order valence-electron chi connectivity index (χ0n) is 10.7. The van der Waals surface area contributed by atoms with E-state index < -0.39 is 0 Å². The Morgan fingerprint density at radius 1 is 1.40 bits per heavy atom. The number of rotatable bonds is 5. The second-order valence-electron chi connectivity index (χ2n) is 5.85. The van der Waals surface area contributed by atoms with Crippen molar-refractivity contribution in [3.8, 4) is 0 Å². The van der Waals surface area contributed by atoms with Gasteiger partial charge in [0.25, 0.3) is 0 Å². The molecule has 1 aliphatic rings. The van der Waals surface area contributed by atoms with E-state index in [-0.39, 0.29) is 0 Å². The van der Waals surface area contributed by atoms with E-state index >= 15 is 0 Å². The molecule has 88 valence electrons. The molecule has 0 radical (unpaired) electrons. The predicted octanol–water partition coefficient (Wildman–Crippen LogP) is 3.61. The van der Waals surface area contributed by atoms with Crippen LogP contribution < -0.4 is 5.32 Å². The van der Waals surface area contributed by atoms with Gasteiger partial charge in [0.15, 0.2) is 0 Å². The summed E-state index contributed by atoms with van der Waals surface area (Å²) < 4.78 is 0. The average molecular weight is 209 g/mol. The quantitative estimate of drug-likeness (QED) is 0.682. The Morgan fingerprint density at radius 2 is 2.13 bits per heavy atom. The zero-order chi connectivity index (χ0) is 11.3. The molecule has 1 aliphatic carbocycles. The van der Waals surface area contributed by atoms with E-state index in [9.17, 15) is 0 Å². The van der Waals surface area contributed by atoms with Gasteiger partial charge in [-0.05, 0) is 62.9 Å². The van der Waals surface area contributed by atoms with E-state index in [2.05, 4.69) is 38.9 Å². The van der Waals surface area contributed by atoms with Gasteiger partial charge in [0.05, 0.1) is 0 Å². The second-order valence-corrected chi connectivity index (χ2v) is 5.85. The third-order valence-corrected chi connectivity index (χ3v) is 3.88. The highest BCUT2D eigenvalue weighted by Gasteiger charge is 2.33. The Kier molecular flexibility index (Phi) is 4.85. The molecule has 1 heteroatoms. The highest BCUT2D eigenvalue weighted by molar-refractivity contribution is 4.86. The van der Waals surface area contributed by atoms with Crippen molar-refractivity contribution in [1.29, 1.82) is 0 Å². The Labute approximate surface area is 95.3 Å². The lowest BCUT2D eigenvalue weighted by molar-refractivity contribution is 0.112. The third-order valence-electron chi connectivity index (χ3n) is 3.88. The molecule has 1 fully saturated rings. The normalized spacial score (nSPS) is 30.1. The van der Waals surface area contributed by atoms with Crippen molar-refractivity contribution >= 4 is 0 Å². The molecule has 0 amide bonds. The molecule has 0 saturated heterocycles. The number of allylic oxidation sites excluding steroid dienone is 1. The molecule has 0 spiro atoms. The first-order chi connectivity index (χ1) is 7.09. The van der Waals surface area contributed by atoms with Gasteiger partial charge in [0, 0.05) is 0 Å². The van der Waals surface area contributed by atoms with Crippen molar-refractivity contribution in [3.05, 3.63) is 12.7 Å². The van der Waals surface area contributed by atoms with Crippen LogP contribution in [0.15, 0.2) is 12.7 Å². The van der Waals surface area contributed by atoms with Gasteiger partial charge in [-0.15, -0.1) is 6.58 Å². The van der Waals surface area contributed by atoms with Crippen LogP contribution >= 0.6 is 0 Å². The van der Waals surface area contributed by atoms with Crippen molar-refractivity contribution in [3.63, 3.8) is 0 Å². The molecular formula is C14H27N. The van der Waals surface area contributed by atoms with E-state index in [1.807, 2.05) is 0 Å². The van der Waals surface area contributed by atoms with Crippen LogP contribution in [0.3, 0.4) is 0 Å². The molecule has 0 aliphatic heterocycles. The fourth-order valence-corrected chi connectivity index (χ4v) is 2.99. The summed E-state index contributed by atoms with van der Waals surface area (Å²) in [4.78, 5) is 0. The first kappa shape index (κ1) is 12.8. The van der Waals surface area contributed by atoms with Crippen LogP contribution in [0.1, 0.15) is 46.0 Å². The van der Waals surface area contributed by atoms with Gasteiger partial charge in [0.2, 0.25) is 0 Å². The molecule has 1 nitrogen and oxygen atoms in total. The van der Waals surface area contributed by atoms with E-state index in [0.717, 1.165) is 11.8 Å². The average Bonchev–Trinajstić information content (AvgIpc) is 2.18. The summed E-state index contributed by atoms with van der Waals surface area (Å²) in [6, 6.07) is 0. The monoisotopic (exact) mass is 209 g/mol. The Balaban J connectivity index is 2.52. The van der Waals surface area contributed by atoms with E-state index in [1.54, 1.807) is 0 Å². The zero-order valence-corrected chi connectivity index (χ0v) is 10.7. The predicted molar refractivity (Wildman–Crippen MR) is 68.0 cm³/mol. The molecule has 0 bridgehead atoms. The molecule has 2 unspecified atom stereocenters. The van der Waals surface area contributed by atoms with E-state index in [0.29, 0.717) is 5.41 Å². The summed E-state index contributed by atoms with van der Waals surface area (Å²) in [5, 5.41) is 3.35. The van der Waals surface area contributed by atoms with Crippen molar-refractivity contribution in [1.82, 2.24) is 5.32 Å². The van der Waals surface area contributed by atoms with Gasteiger partial charge in [0.1, 0.15) is 0 Å². The fraction of sp³-hybridized carbons (Fsp3) is 0.857.